The molecule has 0 aromatic heterocycles. The Morgan fingerprint density at radius 2 is 2.05 bits per heavy atom. The summed E-state index contributed by atoms with van der Waals surface area (Å²) in [6.07, 6.45) is 3.84. The second-order valence-corrected chi connectivity index (χ2v) is 6.36. The molecule has 1 aromatic rings. The van der Waals surface area contributed by atoms with Gasteiger partial charge in [-0.15, -0.1) is 0 Å². The number of carbonyl (C=O) groups excluding carboxylic acids is 1. The topological polar surface area (TPSA) is 29.5 Å². The number of ether oxygens (including phenoxy) is 1. The normalized spacial score (nSPS) is 20.3. The predicted octanol–water partition coefficient (Wildman–Crippen LogP) is 3.73. The van der Waals surface area contributed by atoms with Crippen molar-refractivity contribution in [3.63, 3.8) is 0 Å². The molecule has 1 aromatic carbocycles. The zero-order chi connectivity index (χ0) is 15.2. The Bertz CT molecular complexity index is 470. The van der Waals surface area contributed by atoms with Gasteiger partial charge in [0.05, 0.1) is 12.7 Å². The Hall–Kier alpha value is -1.35. The van der Waals surface area contributed by atoms with Crippen LogP contribution in [-0.2, 0) is 11.3 Å². The number of esters is 1. The van der Waals surface area contributed by atoms with Gasteiger partial charge in [0, 0.05) is 6.54 Å². The van der Waals surface area contributed by atoms with E-state index in [0.29, 0.717) is 5.56 Å². The lowest BCUT2D eigenvalue weighted by atomic mass is 9.89. The SMILES string of the molecule is COC(=O)c1ccccc1CN1CCCC(C(C)C)CC1. The molecule has 116 valence electrons. The molecule has 1 heterocycles. The molecule has 0 amide bonds. The van der Waals surface area contributed by atoms with E-state index in [2.05, 4.69) is 18.7 Å². The van der Waals surface area contributed by atoms with Crippen molar-refractivity contribution in [2.24, 2.45) is 11.8 Å². The van der Waals surface area contributed by atoms with Gasteiger partial charge in [0.25, 0.3) is 0 Å². The Balaban J connectivity index is 2.03. The summed E-state index contributed by atoms with van der Waals surface area (Å²) in [5.74, 6) is 1.37. The van der Waals surface area contributed by atoms with Gasteiger partial charge in [0.15, 0.2) is 0 Å². The van der Waals surface area contributed by atoms with Crippen LogP contribution in [0.3, 0.4) is 0 Å². The van der Waals surface area contributed by atoms with Crippen molar-refractivity contribution in [3.8, 4) is 0 Å². The summed E-state index contributed by atoms with van der Waals surface area (Å²) in [5, 5.41) is 0. The number of methoxy groups -OCH3 is 1. The van der Waals surface area contributed by atoms with E-state index in [-0.39, 0.29) is 5.97 Å². The fourth-order valence-electron chi connectivity index (χ4n) is 3.21. The van der Waals surface area contributed by atoms with Crippen LogP contribution in [0.15, 0.2) is 24.3 Å². The van der Waals surface area contributed by atoms with Crippen molar-refractivity contribution < 1.29 is 9.53 Å². The molecule has 3 heteroatoms. The maximum Gasteiger partial charge on any atom is 0.338 e. The number of carbonyl (C=O) groups is 1. The third-order valence-corrected chi connectivity index (χ3v) is 4.62. The molecule has 0 spiro atoms. The third-order valence-electron chi connectivity index (χ3n) is 4.62. The van der Waals surface area contributed by atoms with Crippen molar-refractivity contribution in [1.82, 2.24) is 4.90 Å². The highest BCUT2D eigenvalue weighted by molar-refractivity contribution is 5.90. The first-order valence-corrected chi connectivity index (χ1v) is 8.00. The van der Waals surface area contributed by atoms with Crippen LogP contribution < -0.4 is 0 Å². The number of nitrogens with zero attached hydrogens (tertiary/aromatic N) is 1. The number of hydrogen-bond donors (Lipinski definition) is 0. The van der Waals surface area contributed by atoms with Crippen LogP contribution in [0.25, 0.3) is 0 Å². The summed E-state index contributed by atoms with van der Waals surface area (Å²) in [5.41, 5.74) is 1.78. The molecule has 2 rings (SSSR count). The fourth-order valence-corrected chi connectivity index (χ4v) is 3.21. The zero-order valence-electron chi connectivity index (χ0n) is 13.5. The van der Waals surface area contributed by atoms with Gasteiger partial charge in [-0.25, -0.2) is 4.79 Å². The highest BCUT2D eigenvalue weighted by atomic mass is 16.5. The molecule has 1 atom stereocenters. The van der Waals surface area contributed by atoms with Gasteiger partial charge in [-0.3, -0.25) is 4.90 Å². The predicted molar refractivity (Wildman–Crippen MR) is 85.2 cm³/mol. The smallest absolute Gasteiger partial charge is 0.338 e. The summed E-state index contributed by atoms with van der Waals surface area (Å²) in [6.45, 7) is 7.74. The Morgan fingerprint density at radius 1 is 1.29 bits per heavy atom. The van der Waals surface area contributed by atoms with Crippen LogP contribution in [0.1, 0.15) is 49.0 Å². The molecule has 0 saturated carbocycles. The average molecular weight is 289 g/mol. The van der Waals surface area contributed by atoms with Crippen LogP contribution in [0.4, 0.5) is 0 Å². The van der Waals surface area contributed by atoms with Gasteiger partial charge in [0.1, 0.15) is 0 Å². The number of hydrogen-bond acceptors (Lipinski definition) is 3. The molecule has 1 aliphatic rings. The summed E-state index contributed by atoms with van der Waals surface area (Å²) in [7, 11) is 1.44. The van der Waals surface area contributed by atoms with E-state index in [1.807, 2.05) is 24.3 Å². The van der Waals surface area contributed by atoms with Gasteiger partial charge >= 0.3 is 5.97 Å². The van der Waals surface area contributed by atoms with Crippen molar-refractivity contribution in [3.05, 3.63) is 35.4 Å². The minimum atomic E-state index is -0.236. The summed E-state index contributed by atoms with van der Waals surface area (Å²) >= 11 is 0. The Kier molecular flexibility index (Phi) is 5.80. The average Bonchev–Trinajstić information content (AvgIpc) is 2.73. The van der Waals surface area contributed by atoms with Crippen molar-refractivity contribution in [2.75, 3.05) is 20.2 Å². The van der Waals surface area contributed by atoms with E-state index >= 15 is 0 Å². The molecule has 21 heavy (non-hydrogen) atoms. The summed E-state index contributed by atoms with van der Waals surface area (Å²) in [6, 6.07) is 7.79. The lowest BCUT2D eigenvalue weighted by molar-refractivity contribution is 0.0598. The second-order valence-electron chi connectivity index (χ2n) is 6.36. The molecule has 0 bridgehead atoms. The lowest BCUT2D eigenvalue weighted by Crippen LogP contribution is -2.25. The lowest BCUT2D eigenvalue weighted by Gasteiger charge is -2.22. The monoisotopic (exact) mass is 289 g/mol. The zero-order valence-corrected chi connectivity index (χ0v) is 13.5. The van der Waals surface area contributed by atoms with E-state index < -0.39 is 0 Å². The first-order chi connectivity index (χ1) is 10.1. The number of benzene rings is 1. The highest BCUT2D eigenvalue weighted by Crippen LogP contribution is 2.25. The van der Waals surface area contributed by atoms with E-state index in [0.717, 1.165) is 37.0 Å². The molecule has 0 radical (unpaired) electrons. The van der Waals surface area contributed by atoms with Gasteiger partial charge in [-0.2, -0.15) is 0 Å². The Morgan fingerprint density at radius 3 is 2.76 bits per heavy atom. The summed E-state index contributed by atoms with van der Waals surface area (Å²) < 4.78 is 4.88. The molecular formula is C18H27NO2. The van der Waals surface area contributed by atoms with Gasteiger partial charge < -0.3 is 4.74 Å². The molecule has 1 aliphatic heterocycles. The van der Waals surface area contributed by atoms with E-state index in [1.165, 1.54) is 26.4 Å². The third kappa shape index (κ3) is 4.31. The van der Waals surface area contributed by atoms with Crippen molar-refractivity contribution in [1.29, 1.82) is 0 Å². The van der Waals surface area contributed by atoms with E-state index in [4.69, 9.17) is 4.74 Å². The molecule has 1 saturated heterocycles. The highest BCUT2D eigenvalue weighted by Gasteiger charge is 2.20. The van der Waals surface area contributed by atoms with E-state index in [1.54, 1.807) is 0 Å². The van der Waals surface area contributed by atoms with Crippen molar-refractivity contribution >= 4 is 5.97 Å². The van der Waals surface area contributed by atoms with Crippen LogP contribution in [0.5, 0.6) is 0 Å². The largest absolute Gasteiger partial charge is 0.465 e. The number of likely N-dealkylation sites (tertiary alicyclic amines) is 1. The number of rotatable bonds is 4. The molecule has 1 fully saturated rings. The Labute approximate surface area is 128 Å². The van der Waals surface area contributed by atoms with E-state index in [9.17, 15) is 4.79 Å². The van der Waals surface area contributed by atoms with Crippen LogP contribution in [0, 0.1) is 11.8 Å². The van der Waals surface area contributed by atoms with Crippen LogP contribution in [0.2, 0.25) is 0 Å². The molecule has 0 aliphatic carbocycles. The summed E-state index contributed by atoms with van der Waals surface area (Å²) in [4.78, 5) is 14.3. The van der Waals surface area contributed by atoms with Gasteiger partial charge in [0.2, 0.25) is 0 Å². The molecule has 3 nitrogen and oxygen atoms in total. The standard InChI is InChI=1S/C18H27NO2/c1-14(2)15-8-6-11-19(12-10-15)13-16-7-4-5-9-17(16)18(20)21-3/h4-5,7,9,14-15H,6,8,10-13H2,1-3H3. The van der Waals surface area contributed by atoms with Crippen LogP contribution in [-0.4, -0.2) is 31.1 Å². The maximum atomic E-state index is 11.8. The van der Waals surface area contributed by atoms with Gasteiger partial charge in [-0.1, -0.05) is 32.0 Å². The second kappa shape index (κ2) is 7.60. The van der Waals surface area contributed by atoms with Crippen LogP contribution >= 0.6 is 0 Å². The maximum absolute atomic E-state index is 11.8. The van der Waals surface area contributed by atoms with Crippen molar-refractivity contribution in [2.45, 2.75) is 39.7 Å². The quantitative estimate of drug-likeness (QED) is 0.791. The molecular weight excluding hydrogens is 262 g/mol. The first kappa shape index (κ1) is 16.0. The molecule has 0 N–H and O–H groups in total. The minimum absolute atomic E-state index is 0.236. The fraction of sp³-hybridized carbons (Fsp3) is 0.611. The van der Waals surface area contributed by atoms with Gasteiger partial charge in [-0.05, 0) is 55.8 Å². The molecule has 1 unspecified atom stereocenters. The first-order valence-electron chi connectivity index (χ1n) is 8.00. The minimum Gasteiger partial charge on any atom is -0.465 e.